The van der Waals surface area contributed by atoms with Gasteiger partial charge in [0.1, 0.15) is 11.1 Å². The normalized spacial score (nSPS) is 14.3. The predicted molar refractivity (Wildman–Crippen MR) is 85.0 cm³/mol. The van der Waals surface area contributed by atoms with Gasteiger partial charge in [0.05, 0.1) is 11.0 Å². The first-order valence-electron chi connectivity index (χ1n) is 6.80. The molecule has 3 aromatic rings. The first kappa shape index (κ1) is 13.3. The van der Waals surface area contributed by atoms with Crippen molar-refractivity contribution >= 4 is 33.9 Å². The van der Waals surface area contributed by atoms with E-state index in [0.717, 1.165) is 28.4 Å². The number of aryl methyl sites for hydroxylation is 1. The molecule has 2 heterocycles. The van der Waals surface area contributed by atoms with Crippen molar-refractivity contribution in [1.29, 1.82) is 0 Å². The number of imidazole rings is 1. The van der Waals surface area contributed by atoms with Gasteiger partial charge in [-0.15, -0.1) is 0 Å². The van der Waals surface area contributed by atoms with Crippen LogP contribution in [0.3, 0.4) is 0 Å². The van der Waals surface area contributed by atoms with Crippen LogP contribution < -0.4 is 16.3 Å². The van der Waals surface area contributed by atoms with Gasteiger partial charge in [0, 0.05) is 10.0 Å². The lowest BCUT2D eigenvalue weighted by Gasteiger charge is -1.99. The van der Waals surface area contributed by atoms with E-state index in [9.17, 15) is 9.90 Å². The van der Waals surface area contributed by atoms with Crippen LogP contribution in [-0.2, 0) is 6.42 Å². The van der Waals surface area contributed by atoms with E-state index in [1.165, 1.54) is 4.52 Å². The highest BCUT2D eigenvalue weighted by Crippen LogP contribution is 2.22. The second-order valence-corrected chi connectivity index (χ2v) is 6.02. The first-order chi connectivity index (χ1) is 10.6. The minimum atomic E-state index is -0.289. The minimum Gasteiger partial charge on any atom is -0.507 e. The lowest BCUT2D eigenvalue weighted by molar-refractivity contribution is 0.474. The van der Waals surface area contributed by atoms with Crippen LogP contribution in [0.1, 0.15) is 17.7 Å². The maximum absolute atomic E-state index is 12.2. The smallest absolute Gasteiger partial charge is 0.276 e. The summed E-state index contributed by atoms with van der Waals surface area (Å²) in [5.74, 6) is 0.502. The van der Waals surface area contributed by atoms with Crippen LogP contribution in [0.5, 0.6) is 5.75 Å². The Hall–Kier alpha value is -2.41. The molecule has 0 fully saturated rings. The highest BCUT2D eigenvalue weighted by atomic mass is 79.9. The van der Waals surface area contributed by atoms with Crippen molar-refractivity contribution in [3.8, 4) is 5.75 Å². The molecule has 0 saturated heterocycles. The Morgan fingerprint density at radius 1 is 1.41 bits per heavy atom. The van der Waals surface area contributed by atoms with Gasteiger partial charge >= 0.3 is 0 Å². The quantitative estimate of drug-likeness (QED) is 0.661. The van der Waals surface area contributed by atoms with Crippen molar-refractivity contribution in [2.45, 2.75) is 12.8 Å². The number of nitrogens with zero attached hydrogens (tertiary/aromatic N) is 3. The number of rotatable bonds is 1. The maximum Gasteiger partial charge on any atom is 0.276 e. The number of benzene rings is 1. The number of phenolic OH excluding ortho intramolecular Hbond substituents is 1. The molecule has 1 aliphatic rings. The molecule has 6 nitrogen and oxygen atoms in total. The molecule has 0 atom stereocenters. The molecule has 0 unspecified atom stereocenters. The number of halogens is 1. The lowest BCUT2D eigenvalue weighted by Crippen LogP contribution is -2.28. The number of phenols is 1. The van der Waals surface area contributed by atoms with Gasteiger partial charge in [-0.2, -0.15) is 9.61 Å². The fraction of sp³-hybridized carbons (Fsp3) is 0.133. The highest BCUT2D eigenvalue weighted by Gasteiger charge is 2.11. The third-order valence-corrected chi connectivity index (χ3v) is 4.12. The zero-order valence-electron chi connectivity index (χ0n) is 11.4. The average Bonchev–Trinajstić information content (AvgIpc) is 3.05. The molecule has 7 heteroatoms. The summed E-state index contributed by atoms with van der Waals surface area (Å²) in [5.41, 5.74) is 1.13. The highest BCUT2D eigenvalue weighted by molar-refractivity contribution is 9.10. The maximum atomic E-state index is 12.2. The monoisotopic (exact) mass is 358 g/mol. The van der Waals surface area contributed by atoms with Crippen LogP contribution in [0.4, 0.5) is 0 Å². The van der Waals surface area contributed by atoms with Crippen LogP contribution in [0.15, 0.2) is 27.5 Å². The molecule has 0 aliphatic heterocycles. The van der Waals surface area contributed by atoms with Gasteiger partial charge in [-0.25, -0.2) is 4.98 Å². The summed E-state index contributed by atoms with van der Waals surface area (Å²) in [7, 11) is 0. The number of nitrogens with one attached hydrogen (secondary N) is 1. The van der Waals surface area contributed by atoms with Crippen LogP contribution in [0, 0.1) is 0 Å². The molecule has 4 rings (SSSR count). The zero-order chi connectivity index (χ0) is 15.3. The Kier molecular flexibility index (Phi) is 2.90. The third kappa shape index (κ3) is 2.05. The second kappa shape index (κ2) is 4.81. The Balaban J connectivity index is 2.05. The van der Waals surface area contributed by atoms with E-state index in [4.69, 9.17) is 0 Å². The molecule has 2 N–H and O–H groups in total. The van der Waals surface area contributed by atoms with E-state index >= 15 is 0 Å². The molecule has 0 amide bonds. The van der Waals surface area contributed by atoms with E-state index in [0.29, 0.717) is 16.7 Å². The summed E-state index contributed by atoms with van der Waals surface area (Å²) in [5, 5.41) is 15.6. The van der Waals surface area contributed by atoms with Crippen molar-refractivity contribution in [3.63, 3.8) is 0 Å². The van der Waals surface area contributed by atoms with E-state index in [1.807, 2.05) is 6.08 Å². The fourth-order valence-electron chi connectivity index (χ4n) is 2.56. The largest absolute Gasteiger partial charge is 0.507 e. The molecule has 2 aromatic heterocycles. The van der Waals surface area contributed by atoms with Crippen LogP contribution in [0.25, 0.3) is 17.9 Å². The molecule has 1 aromatic carbocycles. The lowest BCUT2D eigenvalue weighted by atomic mass is 10.2. The summed E-state index contributed by atoms with van der Waals surface area (Å²) in [4.78, 5) is 19.3. The number of aromatic hydroxyl groups is 1. The summed E-state index contributed by atoms with van der Waals surface area (Å²) < 4.78 is 2.32. The van der Waals surface area contributed by atoms with Crippen molar-refractivity contribution in [2.24, 2.45) is 0 Å². The summed E-state index contributed by atoms with van der Waals surface area (Å²) in [6, 6.07) is 5.04. The molecule has 0 bridgehead atoms. The molecule has 110 valence electrons. The predicted octanol–water partition coefficient (Wildman–Crippen LogP) is 0.441. The molecule has 1 aliphatic carbocycles. The number of hydrogen-bond acceptors (Lipinski definition) is 4. The summed E-state index contributed by atoms with van der Waals surface area (Å²) >= 11 is 3.35. The third-order valence-electron chi connectivity index (χ3n) is 3.63. The number of aromatic amines is 1. The van der Waals surface area contributed by atoms with E-state index < -0.39 is 0 Å². The Bertz CT molecular complexity index is 1080. The van der Waals surface area contributed by atoms with Gasteiger partial charge in [-0.1, -0.05) is 22.0 Å². The minimum absolute atomic E-state index is 0.0972. The topological polar surface area (TPSA) is 83.3 Å². The summed E-state index contributed by atoms with van der Waals surface area (Å²) in [6.45, 7) is 0. The first-order valence-corrected chi connectivity index (χ1v) is 7.59. The molecular weight excluding hydrogens is 348 g/mol. The molecule has 0 spiro atoms. The average molecular weight is 359 g/mol. The number of aromatic nitrogens is 4. The van der Waals surface area contributed by atoms with Crippen molar-refractivity contribution in [1.82, 2.24) is 19.6 Å². The van der Waals surface area contributed by atoms with E-state index in [1.54, 1.807) is 24.3 Å². The SMILES string of the molecule is O=c1[nH]c2nc3c(nn2/c1=C/c1cc(Br)ccc1O)CCC=3. The van der Waals surface area contributed by atoms with Crippen LogP contribution in [-0.4, -0.2) is 24.7 Å². The Morgan fingerprint density at radius 3 is 3.14 bits per heavy atom. The van der Waals surface area contributed by atoms with Crippen molar-refractivity contribution in [2.75, 3.05) is 0 Å². The molecule has 22 heavy (non-hydrogen) atoms. The van der Waals surface area contributed by atoms with Gasteiger partial charge in [-0.05, 0) is 37.1 Å². The standard InChI is InChI=1S/C15H11BrN4O2/c16-9-4-5-13(21)8(6-9)7-12-14(22)18-15-17-10-2-1-3-11(10)19-20(12)15/h2,4-7,21H,1,3H2,(H,17,18,22)/b12-7+. The van der Waals surface area contributed by atoms with Crippen molar-refractivity contribution in [3.05, 3.63) is 55.0 Å². The number of H-pyrrole nitrogens is 1. The Morgan fingerprint density at radius 2 is 2.27 bits per heavy atom. The number of fused-ring (bicyclic) bond motifs is 2. The van der Waals surface area contributed by atoms with Crippen molar-refractivity contribution < 1.29 is 5.11 Å². The van der Waals surface area contributed by atoms with Gasteiger partial charge in [0.2, 0.25) is 5.78 Å². The van der Waals surface area contributed by atoms with Gasteiger partial charge in [-0.3, -0.25) is 9.78 Å². The Labute approximate surface area is 132 Å². The summed E-state index contributed by atoms with van der Waals surface area (Å²) in [6.07, 6.45) is 5.35. The molecule has 0 saturated carbocycles. The van der Waals surface area contributed by atoms with Gasteiger partial charge in [0.25, 0.3) is 5.56 Å². The molecular formula is C15H11BrN4O2. The molecule has 0 radical (unpaired) electrons. The van der Waals surface area contributed by atoms with Crippen LogP contribution >= 0.6 is 15.9 Å². The number of hydrogen-bond donors (Lipinski definition) is 2. The second-order valence-electron chi connectivity index (χ2n) is 5.11. The van der Waals surface area contributed by atoms with Gasteiger partial charge in [0.15, 0.2) is 0 Å². The van der Waals surface area contributed by atoms with E-state index in [-0.39, 0.29) is 11.3 Å². The van der Waals surface area contributed by atoms with Crippen LogP contribution in [0.2, 0.25) is 0 Å². The fourth-order valence-corrected chi connectivity index (χ4v) is 2.94. The van der Waals surface area contributed by atoms with Gasteiger partial charge < -0.3 is 5.11 Å². The van der Waals surface area contributed by atoms with E-state index in [2.05, 4.69) is 31.0 Å². The zero-order valence-corrected chi connectivity index (χ0v) is 13.0.